The number of nitrogens with zero attached hydrogens (tertiary/aromatic N) is 1. The minimum atomic E-state index is -0.739. The molecule has 0 aliphatic heterocycles. The molecular weight excluding hydrogens is 380 g/mol. The van der Waals surface area contributed by atoms with Crippen molar-refractivity contribution in [3.05, 3.63) is 90.0 Å². The van der Waals surface area contributed by atoms with Gasteiger partial charge < -0.3 is 19.6 Å². The fraction of sp³-hybridized carbons (Fsp3) is 0.167. The molecule has 0 bridgehead atoms. The number of benzene rings is 3. The van der Waals surface area contributed by atoms with Crippen LogP contribution in [0.3, 0.4) is 0 Å². The highest BCUT2D eigenvalue weighted by molar-refractivity contribution is 5.93. The van der Waals surface area contributed by atoms with Crippen LogP contribution in [0.5, 0.6) is 11.5 Å². The number of methoxy groups -OCH3 is 1. The number of nitrogens with one attached hydrogen (secondary N) is 1. The van der Waals surface area contributed by atoms with E-state index >= 15 is 0 Å². The zero-order chi connectivity index (χ0) is 21.2. The fourth-order valence-corrected chi connectivity index (χ4v) is 2.61. The largest absolute Gasteiger partial charge is 0.493 e. The van der Waals surface area contributed by atoms with Gasteiger partial charge in [-0.15, -0.1) is 0 Å². The second-order valence-electron chi connectivity index (χ2n) is 6.52. The molecule has 0 heterocycles. The molecule has 0 aliphatic rings. The van der Waals surface area contributed by atoms with Gasteiger partial charge in [0.15, 0.2) is 11.5 Å². The van der Waals surface area contributed by atoms with E-state index in [0.717, 1.165) is 11.1 Å². The fourth-order valence-electron chi connectivity index (χ4n) is 2.61. The summed E-state index contributed by atoms with van der Waals surface area (Å²) in [6, 6.07) is 24.5. The molecule has 3 rings (SSSR count). The number of oxime groups is 1. The molecule has 1 amide bonds. The summed E-state index contributed by atoms with van der Waals surface area (Å²) >= 11 is 0. The summed E-state index contributed by atoms with van der Waals surface area (Å²) < 4.78 is 11.3. The summed E-state index contributed by atoms with van der Waals surface area (Å²) in [5, 5.41) is 6.69. The maximum atomic E-state index is 12.1. The van der Waals surface area contributed by atoms with Crippen molar-refractivity contribution in [3.63, 3.8) is 0 Å². The van der Waals surface area contributed by atoms with Crippen LogP contribution in [-0.4, -0.2) is 25.3 Å². The quantitative estimate of drug-likeness (QED) is 0.416. The topological polar surface area (TPSA) is 69.2 Å². The zero-order valence-electron chi connectivity index (χ0n) is 16.9. The maximum Gasteiger partial charge on any atom is 0.267 e. The van der Waals surface area contributed by atoms with Crippen LogP contribution in [0.2, 0.25) is 0 Å². The van der Waals surface area contributed by atoms with Crippen LogP contribution in [0.15, 0.2) is 84.0 Å². The minimum absolute atomic E-state index is 0.277. The summed E-state index contributed by atoms with van der Waals surface area (Å²) in [6.45, 7) is 2.08. The molecule has 154 valence electrons. The Balaban J connectivity index is 1.55. The number of hydrogen-bond donors (Lipinski definition) is 1. The molecule has 0 fully saturated rings. The number of hydrogen-bond acceptors (Lipinski definition) is 5. The standard InChI is InChI=1S/C24H24N2O4/c1-18(24(27)26-21-11-7-4-8-12-21)30-25-16-20-13-14-22(23(15-20)28-2)29-17-19-9-5-3-6-10-19/h3-16,18H,17H2,1-2H3,(H,26,27)/b25-16-/t18-/m1/s1. The van der Waals surface area contributed by atoms with Crippen LogP contribution in [0, 0.1) is 0 Å². The third kappa shape index (κ3) is 6.10. The van der Waals surface area contributed by atoms with E-state index in [0.29, 0.717) is 23.8 Å². The summed E-state index contributed by atoms with van der Waals surface area (Å²) in [5.74, 6) is 0.945. The van der Waals surface area contributed by atoms with Crippen molar-refractivity contribution in [3.8, 4) is 11.5 Å². The Morgan fingerprint density at radius 3 is 2.40 bits per heavy atom. The number of ether oxygens (including phenoxy) is 2. The summed E-state index contributed by atoms with van der Waals surface area (Å²) in [6.07, 6.45) is 0.785. The number of carbonyl (C=O) groups is 1. The van der Waals surface area contributed by atoms with Gasteiger partial charge in [0, 0.05) is 11.3 Å². The van der Waals surface area contributed by atoms with Gasteiger partial charge in [0.2, 0.25) is 6.10 Å². The van der Waals surface area contributed by atoms with E-state index in [1.807, 2.05) is 72.8 Å². The predicted octanol–water partition coefficient (Wildman–Crippen LogP) is 4.65. The second kappa shape index (κ2) is 10.7. The molecule has 0 saturated heterocycles. The van der Waals surface area contributed by atoms with Gasteiger partial charge in [-0.3, -0.25) is 4.79 Å². The van der Waals surface area contributed by atoms with E-state index in [-0.39, 0.29) is 5.91 Å². The Morgan fingerprint density at radius 1 is 1.00 bits per heavy atom. The molecule has 6 heteroatoms. The molecule has 1 N–H and O–H groups in total. The Kier molecular flexibility index (Phi) is 7.44. The Bertz CT molecular complexity index is 975. The van der Waals surface area contributed by atoms with Crippen LogP contribution in [0.25, 0.3) is 0 Å². The Labute approximate surface area is 176 Å². The van der Waals surface area contributed by atoms with Crippen molar-refractivity contribution in [2.75, 3.05) is 12.4 Å². The van der Waals surface area contributed by atoms with E-state index in [2.05, 4.69) is 10.5 Å². The average molecular weight is 404 g/mol. The first-order valence-corrected chi connectivity index (χ1v) is 9.55. The van der Waals surface area contributed by atoms with Gasteiger partial charge in [-0.1, -0.05) is 53.7 Å². The SMILES string of the molecule is COc1cc(/C=N\O[C@H](C)C(=O)Nc2ccccc2)ccc1OCc1ccccc1. The Hall–Kier alpha value is -3.80. The molecule has 3 aromatic carbocycles. The summed E-state index contributed by atoms with van der Waals surface area (Å²) in [7, 11) is 1.58. The maximum absolute atomic E-state index is 12.1. The summed E-state index contributed by atoms with van der Waals surface area (Å²) in [4.78, 5) is 17.4. The highest BCUT2D eigenvalue weighted by Gasteiger charge is 2.14. The molecule has 0 unspecified atom stereocenters. The van der Waals surface area contributed by atoms with Crippen molar-refractivity contribution in [2.45, 2.75) is 19.6 Å². The van der Waals surface area contributed by atoms with Gasteiger partial charge in [-0.05, 0) is 42.8 Å². The van der Waals surface area contributed by atoms with Gasteiger partial charge in [0.25, 0.3) is 5.91 Å². The third-order valence-corrected chi connectivity index (χ3v) is 4.26. The smallest absolute Gasteiger partial charge is 0.267 e. The lowest BCUT2D eigenvalue weighted by atomic mass is 10.2. The molecular formula is C24H24N2O4. The van der Waals surface area contributed by atoms with Crippen molar-refractivity contribution in [1.82, 2.24) is 0 Å². The van der Waals surface area contributed by atoms with Gasteiger partial charge in [0.05, 0.1) is 13.3 Å². The van der Waals surface area contributed by atoms with Gasteiger partial charge in [0.1, 0.15) is 6.61 Å². The Morgan fingerprint density at radius 2 is 1.70 bits per heavy atom. The highest BCUT2D eigenvalue weighted by Crippen LogP contribution is 2.28. The zero-order valence-corrected chi connectivity index (χ0v) is 16.9. The summed E-state index contributed by atoms with van der Waals surface area (Å²) in [5.41, 5.74) is 2.54. The lowest BCUT2D eigenvalue weighted by molar-refractivity contribution is -0.126. The number of para-hydroxylation sites is 1. The number of anilines is 1. The number of amides is 1. The molecule has 0 radical (unpaired) electrons. The average Bonchev–Trinajstić information content (AvgIpc) is 2.79. The van der Waals surface area contributed by atoms with Crippen LogP contribution in [0.4, 0.5) is 5.69 Å². The third-order valence-electron chi connectivity index (χ3n) is 4.26. The van der Waals surface area contributed by atoms with E-state index in [9.17, 15) is 4.79 Å². The van der Waals surface area contributed by atoms with Gasteiger partial charge in [-0.25, -0.2) is 0 Å². The van der Waals surface area contributed by atoms with Crippen molar-refractivity contribution in [1.29, 1.82) is 0 Å². The lowest BCUT2D eigenvalue weighted by Crippen LogP contribution is -2.26. The minimum Gasteiger partial charge on any atom is -0.493 e. The van der Waals surface area contributed by atoms with Crippen LogP contribution in [0.1, 0.15) is 18.1 Å². The van der Waals surface area contributed by atoms with Crippen molar-refractivity contribution >= 4 is 17.8 Å². The van der Waals surface area contributed by atoms with Crippen LogP contribution < -0.4 is 14.8 Å². The van der Waals surface area contributed by atoms with Crippen LogP contribution in [-0.2, 0) is 16.2 Å². The van der Waals surface area contributed by atoms with E-state index in [1.165, 1.54) is 6.21 Å². The molecule has 1 atom stereocenters. The van der Waals surface area contributed by atoms with Gasteiger partial charge in [-0.2, -0.15) is 0 Å². The first-order valence-electron chi connectivity index (χ1n) is 9.55. The van der Waals surface area contributed by atoms with Crippen LogP contribution >= 0.6 is 0 Å². The molecule has 30 heavy (non-hydrogen) atoms. The predicted molar refractivity (Wildman–Crippen MR) is 117 cm³/mol. The van der Waals surface area contributed by atoms with Crippen molar-refractivity contribution < 1.29 is 19.1 Å². The number of rotatable bonds is 9. The molecule has 3 aromatic rings. The number of carbonyl (C=O) groups excluding carboxylic acids is 1. The van der Waals surface area contributed by atoms with E-state index in [1.54, 1.807) is 20.1 Å². The van der Waals surface area contributed by atoms with E-state index in [4.69, 9.17) is 14.3 Å². The molecule has 0 aromatic heterocycles. The monoisotopic (exact) mass is 404 g/mol. The molecule has 0 aliphatic carbocycles. The lowest BCUT2D eigenvalue weighted by Gasteiger charge is -2.12. The molecule has 0 spiro atoms. The normalized spacial score (nSPS) is 11.7. The second-order valence-corrected chi connectivity index (χ2v) is 6.52. The first kappa shape index (κ1) is 20.9. The van der Waals surface area contributed by atoms with Crippen molar-refractivity contribution in [2.24, 2.45) is 5.16 Å². The van der Waals surface area contributed by atoms with E-state index < -0.39 is 6.10 Å². The first-order chi connectivity index (χ1) is 14.7. The highest BCUT2D eigenvalue weighted by atomic mass is 16.6. The van der Waals surface area contributed by atoms with Gasteiger partial charge >= 0.3 is 0 Å². The molecule has 0 saturated carbocycles. The molecule has 6 nitrogen and oxygen atoms in total.